The Bertz CT molecular complexity index is 178. The van der Waals surface area contributed by atoms with Crippen molar-refractivity contribution >= 4 is 0 Å². The molecule has 2 rings (SSSR count). The van der Waals surface area contributed by atoms with Gasteiger partial charge in [-0.25, -0.2) is 0 Å². The third kappa shape index (κ3) is 0.953. The predicted molar refractivity (Wildman–Crippen MR) is 50.0 cm³/mol. The zero-order valence-corrected chi connectivity index (χ0v) is 8.47. The number of fused-ring (bicyclic) bond motifs is 2. The van der Waals surface area contributed by atoms with Crippen LogP contribution in [0.1, 0.15) is 40.0 Å². The van der Waals surface area contributed by atoms with E-state index in [-0.39, 0.29) is 0 Å². The van der Waals surface area contributed by atoms with E-state index in [0.717, 1.165) is 18.4 Å². The van der Waals surface area contributed by atoms with Gasteiger partial charge in [0.15, 0.2) is 0 Å². The van der Waals surface area contributed by atoms with Gasteiger partial charge < -0.3 is 4.74 Å². The Balaban J connectivity index is 2.12. The van der Waals surface area contributed by atoms with Crippen LogP contribution in [0, 0.1) is 17.3 Å². The fraction of sp³-hybridized carbons (Fsp3) is 1.00. The molecule has 2 aliphatic carbocycles. The molecule has 0 N–H and O–H groups in total. The van der Waals surface area contributed by atoms with Crippen molar-refractivity contribution in [2.45, 2.75) is 46.1 Å². The van der Waals surface area contributed by atoms with Gasteiger partial charge in [0, 0.05) is 6.61 Å². The summed E-state index contributed by atoms with van der Waals surface area (Å²) in [5, 5.41) is 0. The Morgan fingerprint density at radius 1 is 1.50 bits per heavy atom. The van der Waals surface area contributed by atoms with E-state index in [2.05, 4.69) is 20.8 Å². The van der Waals surface area contributed by atoms with Gasteiger partial charge in [-0.2, -0.15) is 0 Å². The van der Waals surface area contributed by atoms with Crippen molar-refractivity contribution in [3.05, 3.63) is 0 Å². The SMILES string of the molecule is CCOC1CC2CCC1(C)C2C. The second-order valence-corrected chi connectivity index (χ2v) is 4.77. The Hall–Kier alpha value is -0.0400. The number of hydrogen-bond acceptors (Lipinski definition) is 1. The van der Waals surface area contributed by atoms with Crippen LogP contribution in [0.3, 0.4) is 0 Å². The Labute approximate surface area is 75.5 Å². The van der Waals surface area contributed by atoms with Crippen molar-refractivity contribution in [2.75, 3.05) is 6.61 Å². The maximum absolute atomic E-state index is 5.81. The van der Waals surface area contributed by atoms with Gasteiger partial charge in [0.25, 0.3) is 0 Å². The van der Waals surface area contributed by atoms with Crippen molar-refractivity contribution in [3.63, 3.8) is 0 Å². The smallest absolute Gasteiger partial charge is 0.0633 e. The van der Waals surface area contributed by atoms with Crippen LogP contribution < -0.4 is 0 Å². The van der Waals surface area contributed by atoms with Crippen molar-refractivity contribution in [3.8, 4) is 0 Å². The largest absolute Gasteiger partial charge is 0.378 e. The van der Waals surface area contributed by atoms with Crippen molar-refractivity contribution in [2.24, 2.45) is 17.3 Å². The van der Waals surface area contributed by atoms with Gasteiger partial charge in [-0.05, 0) is 43.4 Å². The molecule has 1 heteroatoms. The monoisotopic (exact) mass is 168 g/mol. The van der Waals surface area contributed by atoms with Crippen LogP contribution in [0.15, 0.2) is 0 Å². The first-order valence-electron chi connectivity index (χ1n) is 5.30. The van der Waals surface area contributed by atoms with E-state index < -0.39 is 0 Å². The highest BCUT2D eigenvalue weighted by Crippen LogP contribution is 2.58. The summed E-state index contributed by atoms with van der Waals surface area (Å²) in [7, 11) is 0. The second-order valence-electron chi connectivity index (χ2n) is 4.77. The van der Waals surface area contributed by atoms with Crippen LogP contribution >= 0.6 is 0 Å². The molecule has 0 aromatic carbocycles. The maximum atomic E-state index is 5.81. The van der Waals surface area contributed by atoms with Crippen LogP contribution in [0.2, 0.25) is 0 Å². The molecule has 0 aromatic rings. The molecule has 0 radical (unpaired) electrons. The number of ether oxygens (including phenoxy) is 1. The van der Waals surface area contributed by atoms with Gasteiger partial charge >= 0.3 is 0 Å². The zero-order valence-electron chi connectivity index (χ0n) is 8.47. The lowest BCUT2D eigenvalue weighted by Crippen LogP contribution is -2.32. The Kier molecular flexibility index (Phi) is 1.95. The molecule has 0 amide bonds. The minimum atomic E-state index is 0.515. The van der Waals surface area contributed by atoms with E-state index in [0.29, 0.717) is 11.5 Å². The summed E-state index contributed by atoms with van der Waals surface area (Å²) >= 11 is 0. The molecule has 2 fully saturated rings. The van der Waals surface area contributed by atoms with Crippen LogP contribution in [-0.4, -0.2) is 12.7 Å². The van der Waals surface area contributed by atoms with Gasteiger partial charge in [-0.3, -0.25) is 0 Å². The first-order valence-corrected chi connectivity index (χ1v) is 5.30. The summed E-state index contributed by atoms with van der Waals surface area (Å²) in [6, 6.07) is 0. The fourth-order valence-corrected chi connectivity index (χ4v) is 3.29. The lowest BCUT2D eigenvalue weighted by molar-refractivity contribution is -0.0251. The topological polar surface area (TPSA) is 9.23 Å². The van der Waals surface area contributed by atoms with Crippen LogP contribution in [-0.2, 0) is 4.74 Å². The fourth-order valence-electron chi connectivity index (χ4n) is 3.29. The molecule has 2 aliphatic rings. The quantitative estimate of drug-likeness (QED) is 0.616. The average molecular weight is 168 g/mol. The summed E-state index contributed by atoms with van der Waals surface area (Å²) in [6.45, 7) is 7.83. The maximum Gasteiger partial charge on any atom is 0.0633 e. The molecule has 0 aromatic heterocycles. The zero-order chi connectivity index (χ0) is 8.77. The van der Waals surface area contributed by atoms with E-state index in [9.17, 15) is 0 Å². The van der Waals surface area contributed by atoms with E-state index in [4.69, 9.17) is 4.74 Å². The summed E-state index contributed by atoms with van der Waals surface area (Å²) in [4.78, 5) is 0. The second kappa shape index (κ2) is 2.73. The van der Waals surface area contributed by atoms with Crippen molar-refractivity contribution in [1.82, 2.24) is 0 Å². The molecule has 2 bridgehead atoms. The van der Waals surface area contributed by atoms with Crippen molar-refractivity contribution in [1.29, 1.82) is 0 Å². The van der Waals surface area contributed by atoms with Gasteiger partial charge in [-0.15, -0.1) is 0 Å². The van der Waals surface area contributed by atoms with Gasteiger partial charge in [0.2, 0.25) is 0 Å². The van der Waals surface area contributed by atoms with Gasteiger partial charge in [-0.1, -0.05) is 13.8 Å². The van der Waals surface area contributed by atoms with E-state index in [1.807, 2.05) is 0 Å². The Morgan fingerprint density at radius 2 is 2.25 bits per heavy atom. The highest BCUT2D eigenvalue weighted by atomic mass is 16.5. The number of hydrogen-bond donors (Lipinski definition) is 0. The van der Waals surface area contributed by atoms with Gasteiger partial charge in [0.05, 0.1) is 6.10 Å². The normalized spacial score (nSPS) is 51.8. The number of rotatable bonds is 2. The first kappa shape index (κ1) is 8.55. The molecule has 0 saturated heterocycles. The molecule has 12 heavy (non-hydrogen) atoms. The Morgan fingerprint density at radius 3 is 2.67 bits per heavy atom. The van der Waals surface area contributed by atoms with Crippen LogP contribution in [0.5, 0.6) is 0 Å². The van der Waals surface area contributed by atoms with E-state index in [1.165, 1.54) is 19.3 Å². The highest BCUT2D eigenvalue weighted by Gasteiger charge is 2.54. The summed E-state index contributed by atoms with van der Waals surface area (Å²) in [6.07, 6.45) is 4.73. The minimum absolute atomic E-state index is 0.515. The van der Waals surface area contributed by atoms with Gasteiger partial charge in [0.1, 0.15) is 0 Å². The van der Waals surface area contributed by atoms with E-state index >= 15 is 0 Å². The van der Waals surface area contributed by atoms with Crippen LogP contribution in [0.25, 0.3) is 0 Å². The van der Waals surface area contributed by atoms with E-state index in [1.54, 1.807) is 0 Å². The van der Waals surface area contributed by atoms with Crippen molar-refractivity contribution < 1.29 is 4.74 Å². The highest BCUT2D eigenvalue weighted by molar-refractivity contribution is 5.04. The van der Waals surface area contributed by atoms with Crippen LogP contribution in [0.4, 0.5) is 0 Å². The molecule has 0 heterocycles. The molecule has 4 unspecified atom stereocenters. The molecular formula is C11H20O. The molecule has 2 saturated carbocycles. The predicted octanol–water partition coefficient (Wildman–Crippen LogP) is 2.85. The summed E-state index contributed by atoms with van der Waals surface area (Å²) in [5.41, 5.74) is 0.515. The lowest BCUT2D eigenvalue weighted by Gasteiger charge is -2.32. The third-order valence-corrected chi connectivity index (χ3v) is 4.42. The average Bonchev–Trinajstić information content (AvgIpc) is 2.43. The molecular weight excluding hydrogens is 148 g/mol. The first-order chi connectivity index (χ1) is 5.68. The minimum Gasteiger partial charge on any atom is -0.378 e. The molecule has 1 nitrogen and oxygen atoms in total. The third-order valence-electron chi connectivity index (χ3n) is 4.42. The molecule has 70 valence electrons. The molecule has 0 aliphatic heterocycles. The molecule has 4 atom stereocenters. The summed E-state index contributed by atoms with van der Waals surface area (Å²) < 4.78 is 5.81. The standard InChI is InChI=1S/C11H20O/c1-4-12-10-7-9-5-6-11(10,3)8(9)2/h8-10H,4-7H2,1-3H3. The lowest BCUT2D eigenvalue weighted by atomic mass is 9.80. The molecule has 0 spiro atoms. The summed E-state index contributed by atoms with van der Waals surface area (Å²) in [5.74, 6) is 1.86.